The van der Waals surface area contributed by atoms with Crippen molar-refractivity contribution in [3.63, 3.8) is 0 Å². The molecular weight excluding hydrogens is 406 g/mol. The number of aliphatic hydroxyl groups is 2. The number of fused-ring (bicyclic) bond motifs is 1. The third-order valence-corrected chi connectivity index (χ3v) is 6.37. The van der Waals surface area contributed by atoms with Gasteiger partial charge >= 0.3 is 0 Å². The van der Waals surface area contributed by atoms with E-state index in [-0.39, 0.29) is 5.92 Å². The smallest absolute Gasteiger partial charge is 0.191 e. The molecule has 3 heterocycles. The summed E-state index contributed by atoms with van der Waals surface area (Å²) in [6, 6.07) is -0.484. The molecular formula is C18H27N9O2S. The van der Waals surface area contributed by atoms with Crippen LogP contribution in [0.5, 0.6) is 0 Å². The summed E-state index contributed by atoms with van der Waals surface area (Å²) in [6.45, 7) is 5.02. The number of H-pyrrole nitrogens is 1. The van der Waals surface area contributed by atoms with Crippen LogP contribution in [0.1, 0.15) is 57.3 Å². The topological polar surface area (TPSA) is 151 Å². The summed E-state index contributed by atoms with van der Waals surface area (Å²) in [5, 5.41) is 40.6. The molecule has 1 aliphatic carbocycles. The third kappa shape index (κ3) is 3.98. The first-order valence-corrected chi connectivity index (χ1v) is 11.3. The fraction of sp³-hybridized carbons (Fsp3) is 0.667. The van der Waals surface area contributed by atoms with Crippen LogP contribution in [0, 0.1) is 0 Å². The Morgan fingerprint density at radius 1 is 1.23 bits per heavy atom. The molecule has 3 aromatic heterocycles. The first-order chi connectivity index (χ1) is 14.6. The molecule has 12 heteroatoms. The maximum absolute atomic E-state index is 10.7. The van der Waals surface area contributed by atoms with Gasteiger partial charge in [-0.3, -0.25) is 5.10 Å². The molecule has 3 aromatic rings. The zero-order chi connectivity index (χ0) is 21.1. The fourth-order valence-corrected chi connectivity index (χ4v) is 4.41. The number of anilines is 1. The van der Waals surface area contributed by atoms with E-state index in [2.05, 4.69) is 54.6 Å². The van der Waals surface area contributed by atoms with Gasteiger partial charge in [-0.05, 0) is 19.3 Å². The molecule has 0 saturated heterocycles. The van der Waals surface area contributed by atoms with Crippen molar-refractivity contribution in [3.8, 4) is 0 Å². The maximum atomic E-state index is 10.7. The number of nitrogens with zero attached hydrogens (tertiary/aromatic N) is 7. The van der Waals surface area contributed by atoms with Crippen molar-refractivity contribution in [2.75, 3.05) is 17.6 Å². The molecule has 4 N–H and O–H groups in total. The van der Waals surface area contributed by atoms with Crippen molar-refractivity contribution in [2.45, 2.75) is 68.9 Å². The predicted molar refractivity (Wildman–Crippen MR) is 112 cm³/mol. The van der Waals surface area contributed by atoms with Gasteiger partial charge in [0.1, 0.15) is 18.3 Å². The van der Waals surface area contributed by atoms with E-state index >= 15 is 0 Å². The minimum Gasteiger partial charge on any atom is -0.390 e. The predicted octanol–water partition coefficient (Wildman–Crippen LogP) is 1.50. The van der Waals surface area contributed by atoms with Crippen LogP contribution in [-0.2, 0) is 0 Å². The Bertz CT molecular complexity index is 964. The van der Waals surface area contributed by atoms with Gasteiger partial charge < -0.3 is 15.5 Å². The zero-order valence-corrected chi connectivity index (χ0v) is 17.9. The summed E-state index contributed by atoms with van der Waals surface area (Å²) in [7, 11) is 0. The second-order valence-corrected chi connectivity index (χ2v) is 8.51. The van der Waals surface area contributed by atoms with Gasteiger partial charge in [0.05, 0.1) is 12.1 Å². The number of nitrogens with one attached hydrogen (secondary N) is 2. The van der Waals surface area contributed by atoms with Crippen LogP contribution in [0.25, 0.3) is 11.2 Å². The minimum atomic E-state index is -1.02. The van der Waals surface area contributed by atoms with Gasteiger partial charge in [-0.15, -0.1) is 5.10 Å². The average Bonchev–Trinajstić information content (AvgIpc) is 3.47. The van der Waals surface area contributed by atoms with Crippen molar-refractivity contribution < 1.29 is 10.2 Å². The summed E-state index contributed by atoms with van der Waals surface area (Å²) < 4.78 is 1.61. The average molecular weight is 434 g/mol. The van der Waals surface area contributed by atoms with E-state index in [1.165, 1.54) is 6.33 Å². The molecule has 4 atom stereocenters. The van der Waals surface area contributed by atoms with E-state index < -0.39 is 18.2 Å². The largest absolute Gasteiger partial charge is 0.390 e. The molecule has 0 aliphatic heterocycles. The number of rotatable bonds is 9. The number of hydrogen-bond acceptors (Lipinski definition) is 10. The minimum absolute atomic E-state index is 0.371. The summed E-state index contributed by atoms with van der Waals surface area (Å²) in [4.78, 5) is 13.4. The van der Waals surface area contributed by atoms with E-state index in [1.807, 2.05) is 0 Å². The number of hydrogen-bond donors (Lipinski definition) is 4. The molecule has 1 saturated carbocycles. The second kappa shape index (κ2) is 9.23. The van der Waals surface area contributed by atoms with Crippen LogP contribution in [0.15, 0.2) is 11.5 Å². The molecule has 162 valence electrons. The van der Waals surface area contributed by atoms with Crippen molar-refractivity contribution in [1.29, 1.82) is 0 Å². The maximum Gasteiger partial charge on any atom is 0.191 e. The van der Waals surface area contributed by atoms with E-state index in [1.54, 1.807) is 16.4 Å². The van der Waals surface area contributed by atoms with Crippen molar-refractivity contribution >= 4 is 28.7 Å². The van der Waals surface area contributed by atoms with Crippen molar-refractivity contribution in [1.82, 2.24) is 40.1 Å². The lowest BCUT2D eigenvalue weighted by molar-refractivity contribution is 0.0146. The lowest BCUT2D eigenvalue weighted by atomic mass is 10.1. The number of thioether (sulfide) groups is 1. The quantitative estimate of drug-likeness (QED) is 0.222. The van der Waals surface area contributed by atoms with Gasteiger partial charge in [0.25, 0.3) is 0 Å². The summed E-state index contributed by atoms with van der Waals surface area (Å²) in [6.07, 6.45) is 2.92. The van der Waals surface area contributed by atoms with Crippen LogP contribution in [0.3, 0.4) is 0 Å². The molecule has 0 spiro atoms. The lowest BCUT2D eigenvalue weighted by Gasteiger charge is -2.17. The highest BCUT2D eigenvalue weighted by atomic mass is 32.2. The SMILES string of the molecule is CCCCNc1nc(SCCC)nc2c1nnn2C1CC(c2ncn[nH]2)C(O)C1O. The highest BCUT2D eigenvalue weighted by Gasteiger charge is 2.45. The molecule has 30 heavy (non-hydrogen) atoms. The Balaban J connectivity index is 1.69. The molecule has 0 radical (unpaired) electrons. The van der Waals surface area contributed by atoms with Gasteiger partial charge in [-0.25, -0.2) is 19.6 Å². The number of aromatic nitrogens is 8. The van der Waals surface area contributed by atoms with Crippen LogP contribution < -0.4 is 5.32 Å². The highest BCUT2D eigenvalue weighted by Crippen LogP contribution is 2.41. The molecule has 0 amide bonds. The number of aromatic amines is 1. The standard InChI is InChI=1S/C18H27N9O2S/c1-3-5-6-19-16-12-17(23-18(22-16)30-7-4-2)27(26-24-12)11-8-10(13(28)14(11)29)15-20-9-21-25-15/h9-11,13-14,28-29H,3-8H2,1-2H3,(H,19,22,23)(H,20,21,25). The summed E-state index contributed by atoms with van der Waals surface area (Å²) >= 11 is 1.58. The molecule has 1 aliphatic rings. The van der Waals surface area contributed by atoms with Crippen molar-refractivity contribution in [3.05, 3.63) is 12.2 Å². The Morgan fingerprint density at radius 3 is 2.83 bits per heavy atom. The summed E-state index contributed by atoms with van der Waals surface area (Å²) in [5.74, 6) is 1.73. The number of unbranched alkanes of at least 4 members (excludes halogenated alkanes) is 1. The number of aliphatic hydroxyl groups excluding tert-OH is 2. The van der Waals surface area contributed by atoms with E-state index in [0.717, 1.165) is 31.6 Å². The Labute approximate surface area is 178 Å². The fourth-order valence-electron chi connectivity index (χ4n) is 3.71. The van der Waals surface area contributed by atoms with Gasteiger partial charge in [0.15, 0.2) is 22.1 Å². The Hall–Kier alpha value is -2.31. The highest BCUT2D eigenvalue weighted by molar-refractivity contribution is 7.99. The van der Waals surface area contributed by atoms with Crippen LogP contribution in [-0.4, -0.2) is 74.9 Å². The van der Waals surface area contributed by atoms with Gasteiger partial charge in [0, 0.05) is 18.2 Å². The first-order valence-electron chi connectivity index (χ1n) is 10.3. The molecule has 4 unspecified atom stereocenters. The normalized spacial score (nSPS) is 24.0. The second-order valence-electron chi connectivity index (χ2n) is 7.45. The molecule has 0 bridgehead atoms. The van der Waals surface area contributed by atoms with Gasteiger partial charge in [0.2, 0.25) is 0 Å². The van der Waals surface area contributed by atoms with Gasteiger partial charge in [-0.2, -0.15) is 5.10 Å². The first kappa shape index (κ1) is 20.9. The van der Waals surface area contributed by atoms with E-state index in [4.69, 9.17) is 0 Å². The Morgan fingerprint density at radius 2 is 2.10 bits per heavy atom. The van der Waals surface area contributed by atoms with Gasteiger partial charge in [-0.1, -0.05) is 37.2 Å². The van der Waals surface area contributed by atoms with E-state index in [0.29, 0.717) is 34.4 Å². The zero-order valence-electron chi connectivity index (χ0n) is 17.1. The van der Waals surface area contributed by atoms with Crippen molar-refractivity contribution in [2.24, 2.45) is 0 Å². The molecule has 4 rings (SSSR count). The monoisotopic (exact) mass is 433 g/mol. The lowest BCUT2D eigenvalue weighted by Crippen LogP contribution is -2.29. The van der Waals surface area contributed by atoms with Crippen LogP contribution in [0.4, 0.5) is 5.82 Å². The summed E-state index contributed by atoms with van der Waals surface area (Å²) in [5.41, 5.74) is 1.12. The Kier molecular flexibility index (Phi) is 6.44. The van der Waals surface area contributed by atoms with Crippen LogP contribution >= 0.6 is 11.8 Å². The molecule has 1 fully saturated rings. The third-order valence-electron chi connectivity index (χ3n) is 5.31. The molecule has 11 nitrogen and oxygen atoms in total. The van der Waals surface area contributed by atoms with Crippen LogP contribution in [0.2, 0.25) is 0 Å². The molecule has 0 aromatic carbocycles. The van der Waals surface area contributed by atoms with E-state index in [9.17, 15) is 10.2 Å².